The molecule has 0 bridgehead atoms. The quantitative estimate of drug-likeness (QED) is 0.721. The van der Waals surface area contributed by atoms with Gasteiger partial charge in [0.25, 0.3) is 0 Å². The van der Waals surface area contributed by atoms with Crippen LogP contribution in [0.1, 0.15) is 40.5 Å². The Bertz CT molecular complexity index is 821. The van der Waals surface area contributed by atoms with Gasteiger partial charge in [0.2, 0.25) is 5.78 Å². The highest BCUT2D eigenvalue weighted by Gasteiger charge is 2.20. The van der Waals surface area contributed by atoms with Crippen LogP contribution in [0.15, 0.2) is 29.8 Å². The van der Waals surface area contributed by atoms with E-state index in [1.165, 1.54) is 23.5 Å². The lowest BCUT2D eigenvalue weighted by molar-refractivity contribution is 0.0962. The molecule has 1 N–H and O–H groups in total. The molecule has 0 spiro atoms. The van der Waals surface area contributed by atoms with Crippen molar-refractivity contribution in [3.63, 3.8) is 0 Å². The van der Waals surface area contributed by atoms with Gasteiger partial charge in [-0.3, -0.25) is 4.79 Å². The van der Waals surface area contributed by atoms with Gasteiger partial charge in [0.1, 0.15) is 5.82 Å². The molecule has 0 aliphatic heterocycles. The highest BCUT2D eigenvalue weighted by molar-refractivity contribution is 7.12. The summed E-state index contributed by atoms with van der Waals surface area (Å²) >= 11 is 1.30. The molecule has 3 rings (SSSR count). The van der Waals surface area contributed by atoms with Crippen molar-refractivity contribution in [1.29, 1.82) is 0 Å². The van der Waals surface area contributed by atoms with Gasteiger partial charge in [-0.1, -0.05) is 6.92 Å². The summed E-state index contributed by atoms with van der Waals surface area (Å²) < 4.78 is 18.5. The minimum Gasteiger partial charge on any atom is -0.375 e. The Morgan fingerprint density at radius 1 is 1.50 bits per heavy atom. The molecule has 1 aromatic carbocycles. The lowest BCUT2D eigenvalue weighted by Crippen LogP contribution is -2.03. The molecule has 114 valence electrons. The van der Waals surface area contributed by atoms with Crippen LogP contribution in [0.25, 0.3) is 10.9 Å². The molecule has 0 saturated carbocycles. The molecule has 3 aromatic rings. The van der Waals surface area contributed by atoms with E-state index in [0.29, 0.717) is 21.5 Å². The fourth-order valence-electron chi connectivity index (χ4n) is 2.44. The number of thiazole rings is 1. The molecule has 2 heterocycles. The summed E-state index contributed by atoms with van der Waals surface area (Å²) in [5, 5.41) is 2.96. The summed E-state index contributed by atoms with van der Waals surface area (Å²) in [5.74, 6) is -0.504. The molecule has 0 fully saturated rings. The summed E-state index contributed by atoms with van der Waals surface area (Å²) in [5.41, 5.74) is 1.87. The predicted octanol–water partition coefficient (Wildman–Crippen LogP) is 4.09. The van der Waals surface area contributed by atoms with Crippen molar-refractivity contribution in [2.75, 3.05) is 7.11 Å². The number of aromatic amines is 1. The Morgan fingerprint density at radius 3 is 3.05 bits per heavy atom. The summed E-state index contributed by atoms with van der Waals surface area (Å²) in [6.07, 6.45) is 2.29. The maximum absolute atomic E-state index is 13.2. The number of rotatable bonds is 5. The minimum atomic E-state index is -0.337. The van der Waals surface area contributed by atoms with Crippen molar-refractivity contribution in [2.45, 2.75) is 19.4 Å². The molecule has 0 radical (unpaired) electrons. The molecule has 2 aromatic heterocycles. The first-order chi connectivity index (χ1) is 10.6. The van der Waals surface area contributed by atoms with E-state index in [0.717, 1.165) is 12.1 Å². The number of nitrogens with one attached hydrogen (secondary N) is 1. The van der Waals surface area contributed by atoms with Crippen molar-refractivity contribution < 1.29 is 13.9 Å². The van der Waals surface area contributed by atoms with Gasteiger partial charge in [0.05, 0.1) is 17.4 Å². The van der Waals surface area contributed by atoms with Gasteiger partial charge in [-0.05, 0) is 24.6 Å². The molecule has 0 unspecified atom stereocenters. The predicted molar refractivity (Wildman–Crippen MR) is 83.8 cm³/mol. The first-order valence-electron chi connectivity index (χ1n) is 6.93. The normalized spacial score (nSPS) is 12.7. The number of fused-ring (bicyclic) bond motifs is 1. The van der Waals surface area contributed by atoms with Crippen LogP contribution in [0.5, 0.6) is 0 Å². The van der Waals surface area contributed by atoms with E-state index in [4.69, 9.17) is 4.74 Å². The minimum absolute atomic E-state index is 0.102. The van der Waals surface area contributed by atoms with Gasteiger partial charge in [-0.2, -0.15) is 0 Å². The molecule has 1 atom stereocenters. The number of H-pyrrole nitrogens is 1. The third-order valence-corrected chi connectivity index (χ3v) is 4.45. The van der Waals surface area contributed by atoms with Gasteiger partial charge in [-0.15, -0.1) is 11.3 Å². The van der Waals surface area contributed by atoms with E-state index in [-0.39, 0.29) is 17.7 Å². The van der Waals surface area contributed by atoms with Crippen LogP contribution in [0, 0.1) is 5.82 Å². The average molecular weight is 318 g/mol. The van der Waals surface area contributed by atoms with Gasteiger partial charge < -0.3 is 9.72 Å². The zero-order chi connectivity index (χ0) is 15.7. The first-order valence-corrected chi connectivity index (χ1v) is 7.81. The largest absolute Gasteiger partial charge is 0.375 e. The summed E-state index contributed by atoms with van der Waals surface area (Å²) in [6.45, 7) is 2.00. The number of hydrogen-bond donors (Lipinski definition) is 1. The van der Waals surface area contributed by atoms with Crippen LogP contribution in [0.4, 0.5) is 4.39 Å². The Labute approximate surface area is 131 Å². The lowest BCUT2D eigenvalue weighted by atomic mass is 10.1. The third kappa shape index (κ3) is 2.55. The second kappa shape index (κ2) is 5.98. The summed E-state index contributed by atoms with van der Waals surface area (Å²) in [6, 6.07) is 4.32. The molecule has 6 heteroatoms. The van der Waals surface area contributed by atoms with Crippen LogP contribution < -0.4 is 0 Å². The number of benzene rings is 1. The number of nitrogens with zero attached hydrogens (tertiary/aromatic N) is 1. The smallest absolute Gasteiger partial charge is 0.223 e. The van der Waals surface area contributed by atoms with E-state index >= 15 is 0 Å². The van der Waals surface area contributed by atoms with Gasteiger partial charge in [0, 0.05) is 29.6 Å². The fraction of sp³-hybridized carbons (Fsp3) is 0.250. The molecular weight excluding hydrogens is 303 g/mol. The van der Waals surface area contributed by atoms with Crippen LogP contribution >= 0.6 is 11.3 Å². The molecule has 0 saturated heterocycles. The van der Waals surface area contributed by atoms with E-state index in [1.54, 1.807) is 19.4 Å². The number of methoxy groups -OCH3 is 1. The monoisotopic (exact) mass is 318 g/mol. The number of carbonyl (C=O) groups excluding carboxylic acids is 1. The summed E-state index contributed by atoms with van der Waals surface area (Å²) in [4.78, 5) is 19.9. The van der Waals surface area contributed by atoms with Gasteiger partial charge >= 0.3 is 0 Å². The lowest BCUT2D eigenvalue weighted by Gasteiger charge is -2.08. The van der Waals surface area contributed by atoms with Crippen molar-refractivity contribution in [1.82, 2.24) is 9.97 Å². The van der Waals surface area contributed by atoms with E-state index in [9.17, 15) is 9.18 Å². The molecule has 0 aliphatic rings. The second-order valence-electron chi connectivity index (χ2n) is 4.93. The standard InChI is InChI=1S/C16H15FN2O2S/c1-3-14(21-2)13-8-22-16(19-13)15(20)11-7-18-12-6-9(17)4-5-10(11)12/h4-8,14,18H,3H2,1-2H3/t14-/m1/s1. The highest BCUT2D eigenvalue weighted by Crippen LogP contribution is 2.26. The highest BCUT2D eigenvalue weighted by atomic mass is 32.1. The van der Waals surface area contributed by atoms with Crippen molar-refractivity contribution in [3.8, 4) is 0 Å². The number of carbonyl (C=O) groups is 1. The second-order valence-corrected chi connectivity index (χ2v) is 5.79. The van der Waals surface area contributed by atoms with Crippen LogP contribution in [0.2, 0.25) is 0 Å². The zero-order valence-corrected chi connectivity index (χ0v) is 13.0. The SMILES string of the molecule is CC[C@@H](OC)c1csc(C(=O)c2c[nH]c3cc(F)ccc23)n1. The molecular formula is C16H15FN2O2S. The van der Waals surface area contributed by atoms with Crippen molar-refractivity contribution in [2.24, 2.45) is 0 Å². The number of ether oxygens (including phenoxy) is 1. The topological polar surface area (TPSA) is 55.0 Å². The van der Waals surface area contributed by atoms with E-state index in [1.807, 2.05) is 12.3 Å². The van der Waals surface area contributed by atoms with Gasteiger partial charge in [-0.25, -0.2) is 9.37 Å². The Hall–Kier alpha value is -2.05. The van der Waals surface area contributed by atoms with Crippen LogP contribution in [-0.4, -0.2) is 22.9 Å². The summed E-state index contributed by atoms with van der Waals surface area (Å²) in [7, 11) is 1.63. The molecule has 0 amide bonds. The van der Waals surface area contributed by atoms with Gasteiger partial charge in [0.15, 0.2) is 5.01 Å². The van der Waals surface area contributed by atoms with Crippen LogP contribution in [0.3, 0.4) is 0 Å². The third-order valence-electron chi connectivity index (χ3n) is 3.59. The maximum Gasteiger partial charge on any atom is 0.223 e. The molecule has 4 nitrogen and oxygen atoms in total. The van der Waals surface area contributed by atoms with Crippen molar-refractivity contribution in [3.05, 3.63) is 51.9 Å². The Morgan fingerprint density at radius 2 is 2.32 bits per heavy atom. The number of hydrogen-bond acceptors (Lipinski definition) is 4. The Balaban J connectivity index is 1.96. The average Bonchev–Trinajstić information content (AvgIpc) is 3.14. The number of ketones is 1. The van der Waals surface area contributed by atoms with E-state index in [2.05, 4.69) is 9.97 Å². The Kier molecular flexibility index (Phi) is 4.04. The van der Waals surface area contributed by atoms with E-state index < -0.39 is 0 Å². The number of halogens is 1. The zero-order valence-electron chi connectivity index (χ0n) is 12.2. The number of aromatic nitrogens is 2. The maximum atomic E-state index is 13.2. The van der Waals surface area contributed by atoms with Crippen molar-refractivity contribution >= 4 is 28.0 Å². The first kappa shape index (κ1) is 14.9. The molecule has 0 aliphatic carbocycles. The fourth-order valence-corrected chi connectivity index (χ4v) is 3.25. The van der Waals surface area contributed by atoms with Crippen LogP contribution in [-0.2, 0) is 4.74 Å². The molecule has 22 heavy (non-hydrogen) atoms.